The van der Waals surface area contributed by atoms with Gasteiger partial charge in [0.15, 0.2) is 0 Å². The van der Waals surface area contributed by atoms with Crippen molar-refractivity contribution < 1.29 is 9.47 Å². The molecule has 0 radical (unpaired) electrons. The van der Waals surface area contributed by atoms with Crippen molar-refractivity contribution in [3.63, 3.8) is 0 Å². The molecule has 1 aliphatic rings. The molecule has 0 aliphatic carbocycles. The third-order valence-electron chi connectivity index (χ3n) is 3.14. The van der Waals surface area contributed by atoms with Crippen LogP contribution in [0.1, 0.15) is 11.6 Å². The number of benzene rings is 2. The molecule has 0 spiro atoms. The highest BCUT2D eigenvalue weighted by atomic mass is 16.5. The van der Waals surface area contributed by atoms with Crippen molar-refractivity contribution in [2.24, 2.45) is 0 Å². The van der Waals surface area contributed by atoms with Crippen LogP contribution in [0, 0.1) is 0 Å². The van der Waals surface area contributed by atoms with Crippen LogP contribution in [-0.4, -0.2) is 13.7 Å². The van der Waals surface area contributed by atoms with E-state index in [0.717, 1.165) is 17.2 Å². The van der Waals surface area contributed by atoms with Crippen LogP contribution in [-0.2, 0) is 0 Å². The van der Waals surface area contributed by atoms with Gasteiger partial charge in [-0.25, -0.2) is 0 Å². The number of methoxy groups -OCH3 is 1. The molecule has 0 saturated carbocycles. The molecular weight excluding hydrogens is 226 g/mol. The maximum atomic E-state index is 5.65. The average molecular weight is 241 g/mol. The van der Waals surface area contributed by atoms with Crippen LogP contribution >= 0.6 is 0 Å². The minimum absolute atomic E-state index is 0.178. The van der Waals surface area contributed by atoms with Crippen molar-refractivity contribution in [2.45, 2.75) is 6.04 Å². The Kier molecular flexibility index (Phi) is 2.81. The molecule has 0 bridgehead atoms. The SMILES string of the molecule is COc1ccccc1NC1COc2ccccc21. The van der Waals surface area contributed by atoms with E-state index in [4.69, 9.17) is 9.47 Å². The predicted octanol–water partition coefficient (Wildman–Crippen LogP) is 3.24. The molecule has 1 aliphatic heterocycles. The van der Waals surface area contributed by atoms with Crippen LogP contribution in [0.15, 0.2) is 48.5 Å². The van der Waals surface area contributed by atoms with Crippen LogP contribution in [0.5, 0.6) is 11.5 Å². The third kappa shape index (κ3) is 1.88. The zero-order valence-electron chi connectivity index (χ0n) is 10.2. The quantitative estimate of drug-likeness (QED) is 0.894. The van der Waals surface area contributed by atoms with Gasteiger partial charge in [-0.2, -0.15) is 0 Å². The lowest BCUT2D eigenvalue weighted by Gasteiger charge is -2.15. The summed E-state index contributed by atoms with van der Waals surface area (Å²) < 4.78 is 11.0. The Morgan fingerprint density at radius 2 is 1.89 bits per heavy atom. The van der Waals surface area contributed by atoms with Crippen LogP contribution in [0.3, 0.4) is 0 Å². The number of hydrogen-bond acceptors (Lipinski definition) is 3. The summed E-state index contributed by atoms with van der Waals surface area (Å²) in [6, 6.07) is 16.2. The standard InChI is InChI=1S/C15H15NO2/c1-17-15-9-5-3-7-12(15)16-13-10-18-14-8-4-2-6-11(13)14/h2-9,13,16H,10H2,1H3. The molecule has 0 fully saturated rings. The minimum Gasteiger partial charge on any atom is -0.495 e. The molecule has 2 aromatic carbocycles. The van der Waals surface area contributed by atoms with Gasteiger partial charge in [0, 0.05) is 5.56 Å². The Hall–Kier alpha value is -2.16. The van der Waals surface area contributed by atoms with Crippen LogP contribution in [0.25, 0.3) is 0 Å². The maximum absolute atomic E-state index is 5.65. The number of nitrogens with one attached hydrogen (secondary N) is 1. The molecule has 0 aromatic heterocycles. The predicted molar refractivity (Wildman–Crippen MR) is 71.3 cm³/mol. The highest BCUT2D eigenvalue weighted by molar-refractivity contribution is 5.58. The van der Waals surface area contributed by atoms with E-state index in [0.29, 0.717) is 6.61 Å². The Morgan fingerprint density at radius 1 is 1.11 bits per heavy atom. The lowest BCUT2D eigenvalue weighted by atomic mass is 10.1. The fraction of sp³-hybridized carbons (Fsp3) is 0.200. The summed E-state index contributed by atoms with van der Waals surface area (Å²) in [5, 5.41) is 3.47. The van der Waals surface area contributed by atoms with E-state index in [1.165, 1.54) is 5.56 Å². The smallest absolute Gasteiger partial charge is 0.141 e. The van der Waals surface area contributed by atoms with Gasteiger partial charge in [0.25, 0.3) is 0 Å². The number of anilines is 1. The number of para-hydroxylation sites is 3. The van der Waals surface area contributed by atoms with E-state index in [9.17, 15) is 0 Å². The summed E-state index contributed by atoms with van der Waals surface area (Å²) in [5.41, 5.74) is 2.19. The molecule has 3 rings (SSSR count). The largest absolute Gasteiger partial charge is 0.495 e. The van der Waals surface area contributed by atoms with Crippen molar-refractivity contribution >= 4 is 5.69 Å². The number of rotatable bonds is 3. The molecule has 3 heteroatoms. The highest BCUT2D eigenvalue weighted by Gasteiger charge is 2.23. The lowest BCUT2D eigenvalue weighted by Crippen LogP contribution is -2.12. The molecule has 3 nitrogen and oxygen atoms in total. The number of hydrogen-bond donors (Lipinski definition) is 1. The van der Waals surface area contributed by atoms with Gasteiger partial charge in [-0.15, -0.1) is 0 Å². The fourth-order valence-electron chi connectivity index (χ4n) is 2.23. The van der Waals surface area contributed by atoms with Gasteiger partial charge in [0.1, 0.15) is 18.1 Å². The Balaban J connectivity index is 1.86. The summed E-state index contributed by atoms with van der Waals surface area (Å²) in [6.45, 7) is 0.650. The maximum Gasteiger partial charge on any atom is 0.141 e. The van der Waals surface area contributed by atoms with Crippen molar-refractivity contribution in [3.05, 3.63) is 54.1 Å². The summed E-state index contributed by atoms with van der Waals surface area (Å²) in [6.07, 6.45) is 0. The van der Waals surface area contributed by atoms with Gasteiger partial charge in [0.2, 0.25) is 0 Å². The van der Waals surface area contributed by atoms with E-state index in [2.05, 4.69) is 11.4 Å². The summed E-state index contributed by atoms with van der Waals surface area (Å²) in [4.78, 5) is 0. The zero-order chi connectivity index (χ0) is 12.4. The third-order valence-corrected chi connectivity index (χ3v) is 3.14. The topological polar surface area (TPSA) is 30.5 Å². The average Bonchev–Trinajstić information content (AvgIpc) is 2.83. The molecule has 1 N–H and O–H groups in total. The molecule has 1 unspecified atom stereocenters. The molecule has 0 saturated heterocycles. The second-order valence-electron chi connectivity index (χ2n) is 4.25. The van der Waals surface area contributed by atoms with Gasteiger partial charge < -0.3 is 14.8 Å². The first kappa shape index (κ1) is 11.0. The molecule has 1 atom stereocenters. The summed E-state index contributed by atoms with van der Waals surface area (Å²) in [5.74, 6) is 1.81. The zero-order valence-corrected chi connectivity index (χ0v) is 10.2. The summed E-state index contributed by atoms with van der Waals surface area (Å²) >= 11 is 0. The first-order valence-corrected chi connectivity index (χ1v) is 6.00. The van der Waals surface area contributed by atoms with Crippen LogP contribution < -0.4 is 14.8 Å². The van der Waals surface area contributed by atoms with E-state index in [-0.39, 0.29) is 6.04 Å². The van der Waals surface area contributed by atoms with Crippen LogP contribution in [0.4, 0.5) is 5.69 Å². The minimum atomic E-state index is 0.178. The fourth-order valence-corrected chi connectivity index (χ4v) is 2.23. The lowest BCUT2D eigenvalue weighted by molar-refractivity contribution is 0.339. The summed E-state index contributed by atoms with van der Waals surface area (Å²) in [7, 11) is 1.68. The first-order chi connectivity index (χ1) is 8.88. The first-order valence-electron chi connectivity index (χ1n) is 6.00. The van der Waals surface area contributed by atoms with Crippen molar-refractivity contribution in [3.8, 4) is 11.5 Å². The van der Waals surface area contributed by atoms with Gasteiger partial charge in [-0.1, -0.05) is 30.3 Å². The monoisotopic (exact) mass is 241 g/mol. The molecule has 92 valence electrons. The second kappa shape index (κ2) is 4.61. The molecule has 18 heavy (non-hydrogen) atoms. The van der Waals surface area contributed by atoms with Crippen molar-refractivity contribution in [2.75, 3.05) is 19.0 Å². The van der Waals surface area contributed by atoms with Crippen LogP contribution in [0.2, 0.25) is 0 Å². The van der Waals surface area contributed by atoms with Gasteiger partial charge in [-0.05, 0) is 18.2 Å². The Bertz CT molecular complexity index is 554. The van der Waals surface area contributed by atoms with Crippen molar-refractivity contribution in [1.29, 1.82) is 0 Å². The van der Waals surface area contributed by atoms with E-state index in [1.807, 2.05) is 42.5 Å². The molecule has 2 aromatic rings. The highest BCUT2D eigenvalue weighted by Crippen LogP contribution is 2.36. The van der Waals surface area contributed by atoms with Gasteiger partial charge in [0.05, 0.1) is 18.8 Å². The number of fused-ring (bicyclic) bond motifs is 1. The Labute approximate surface area is 106 Å². The van der Waals surface area contributed by atoms with E-state index in [1.54, 1.807) is 7.11 Å². The number of ether oxygens (including phenoxy) is 2. The normalized spacial score (nSPS) is 16.8. The molecular formula is C15H15NO2. The molecule has 1 heterocycles. The van der Waals surface area contributed by atoms with Crippen molar-refractivity contribution in [1.82, 2.24) is 0 Å². The van der Waals surface area contributed by atoms with Gasteiger partial charge >= 0.3 is 0 Å². The second-order valence-corrected chi connectivity index (χ2v) is 4.25. The van der Waals surface area contributed by atoms with E-state index < -0.39 is 0 Å². The van der Waals surface area contributed by atoms with E-state index >= 15 is 0 Å². The van der Waals surface area contributed by atoms with Gasteiger partial charge in [-0.3, -0.25) is 0 Å². The molecule has 0 amide bonds. The Morgan fingerprint density at radius 3 is 2.78 bits per heavy atom.